The predicted octanol–water partition coefficient (Wildman–Crippen LogP) is 3.18. The van der Waals surface area contributed by atoms with Crippen LogP contribution >= 0.6 is 11.6 Å². The lowest BCUT2D eigenvalue weighted by Crippen LogP contribution is -2.18. The van der Waals surface area contributed by atoms with Gasteiger partial charge in [-0.3, -0.25) is 9.36 Å². The lowest BCUT2D eigenvalue weighted by atomic mass is 10.2. The summed E-state index contributed by atoms with van der Waals surface area (Å²) in [5.41, 5.74) is 0.785. The second-order valence-corrected chi connectivity index (χ2v) is 4.44. The summed E-state index contributed by atoms with van der Waals surface area (Å²) in [5, 5.41) is 0.861. The summed E-state index contributed by atoms with van der Waals surface area (Å²) in [6, 6.07) is 10.7. The molecule has 0 aliphatic rings. The zero-order valence-corrected chi connectivity index (χ0v) is 10.4. The summed E-state index contributed by atoms with van der Waals surface area (Å²) in [5.74, 6) is -0.353. The molecule has 0 radical (unpaired) electrons. The lowest BCUT2D eigenvalue weighted by Gasteiger charge is -2.07. The van der Waals surface area contributed by atoms with Crippen molar-refractivity contribution in [1.82, 2.24) is 9.55 Å². The minimum atomic E-state index is -0.353. The third-order valence-electron chi connectivity index (χ3n) is 2.84. The van der Waals surface area contributed by atoms with Crippen molar-refractivity contribution in [3.05, 3.63) is 70.0 Å². The van der Waals surface area contributed by atoms with Crippen molar-refractivity contribution >= 4 is 22.5 Å². The molecule has 0 aliphatic heterocycles. The molecule has 0 fully saturated rings. The maximum absolute atomic E-state index is 12.9. The van der Waals surface area contributed by atoms with E-state index >= 15 is 0 Å². The molecule has 0 bridgehead atoms. The van der Waals surface area contributed by atoms with Gasteiger partial charge in [0.05, 0.1) is 21.6 Å². The summed E-state index contributed by atoms with van der Waals surface area (Å²) < 4.78 is 14.2. The van der Waals surface area contributed by atoms with Gasteiger partial charge in [-0.1, -0.05) is 17.7 Å². The van der Waals surface area contributed by atoms with Gasteiger partial charge in [0, 0.05) is 0 Å². The summed E-state index contributed by atoms with van der Waals surface area (Å²) in [6.07, 6.45) is 1.39. The highest BCUT2D eigenvalue weighted by molar-refractivity contribution is 6.34. The molecule has 0 saturated carbocycles. The molecule has 3 aromatic rings. The van der Waals surface area contributed by atoms with Crippen LogP contribution in [0.3, 0.4) is 0 Å². The van der Waals surface area contributed by atoms with E-state index in [1.165, 1.54) is 35.2 Å². The highest BCUT2D eigenvalue weighted by Gasteiger charge is 2.07. The number of fused-ring (bicyclic) bond motifs is 1. The van der Waals surface area contributed by atoms with E-state index in [1.54, 1.807) is 18.2 Å². The number of halogens is 2. The highest BCUT2D eigenvalue weighted by atomic mass is 35.5. The number of rotatable bonds is 1. The fourth-order valence-electron chi connectivity index (χ4n) is 1.90. The van der Waals surface area contributed by atoms with E-state index in [-0.39, 0.29) is 11.4 Å². The molecule has 19 heavy (non-hydrogen) atoms. The molecule has 0 saturated heterocycles. The van der Waals surface area contributed by atoms with Gasteiger partial charge in [-0.25, -0.2) is 9.37 Å². The number of para-hydroxylation sites is 1. The van der Waals surface area contributed by atoms with Crippen molar-refractivity contribution in [3.8, 4) is 5.69 Å². The minimum Gasteiger partial charge on any atom is -0.268 e. The molecule has 0 atom stereocenters. The zero-order valence-electron chi connectivity index (χ0n) is 9.68. The molecule has 0 aliphatic carbocycles. The van der Waals surface area contributed by atoms with Gasteiger partial charge in [-0.15, -0.1) is 0 Å². The monoisotopic (exact) mass is 274 g/mol. The fraction of sp³-hybridized carbons (Fsp3) is 0. The van der Waals surface area contributed by atoms with Crippen LogP contribution in [0.5, 0.6) is 0 Å². The standard InChI is InChI=1S/C14H8ClFN2O/c15-12-3-1-2-11-13(12)17-8-18(14(11)19)10-6-4-9(16)5-7-10/h1-8H. The molecule has 5 heteroatoms. The molecular formula is C14H8ClFN2O. The van der Waals surface area contributed by atoms with E-state index in [4.69, 9.17) is 11.6 Å². The number of hydrogen-bond donors (Lipinski definition) is 0. The maximum atomic E-state index is 12.9. The van der Waals surface area contributed by atoms with Gasteiger partial charge in [0.1, 0.15) is 12.1 Å². The van der Waals surface area contributed by atoms with Crippen molar-refractivity contribution in [2.75, 3.05) is 0 Å². The topological polar surface area (TPSA) is 34.9 Å². The Morgan fingerprint density at radius 1 is 1.11 bits per heavy atom. The largest absolute Gasteiger partial charge is 0.268 e. The summed E-state index contributed by atoms with van der Waals surface area (Å²) >= 11 is 5.99. The smallest absolute Gasteiger partial charge is 0.265 e. The molecular weight excluding hydrogens is 267 g/mol. The van der Waals surface area contributed by atoms with Crippen LogP contribution in [0.2, 0.25) is 5.02 Å². The number of nitrogens with zero attached hydrogens (tertiary/aromatic N) is 2. The van der Waals surface area contributed by atoms with Crippen LogP contribution in [-0.4, -0.2) is 9.55 Å². The molecule has 0 amide bonds. The van der Waals surface area contributed by atoms with Crippen LogP contribution in [0.15, 0.2) is 53.6 Å². The second kappa shape index (κ2) is 4.48. The molecule has 94 valence electrons. The van der Waals surface area contributed by atoms with Gasteiger partial charge in [-0.05, 0) is 36.4 Å². The number of aromatic nitrogens is 2. The molecule has 3 nitrogen and oxygen atoms in total. The fourth-order valence-corrected chi connectivity index (χ4v) is 2.13. The normalized spacial score (nSPS) is 10.8. The highest BCUT2D eigenvalue weighted by Crippen LogP contribution is 2.18. The van der Waals surface area contributed by atoms with E-state index in [9.17, 15) is 9.18 Å². The Bertz CT molecular complexity index is 812. The number of benzene rings is 2. The molecule has 2 aromatic carbocycles. The Kier molecular flexibility index (Phi) is 2.80. The van der Waals surface area contributed by atoms with E-state index in [0.717, 1.165) is 0 Å². The molecule has 0 unspecified atom stereocenters. The van der Waals surface area contributed by atoms with Crippen LogP contribution in [0.25, 0.3) is 16.6 Å². The zero-order chi connectivity index (χ0) is 13.4. The third kappa shape index (κ3) is 2.00. The number of hydrogen-bond acceptors (Lipinski definition) is 2. The van der Waals surface area contributed by atoms with Crippen molar-refractivity contribution < 1.29 is 4.39 Å². The van der Waals surface area contributed by atoms with Crippen LogP contribution < -0.4 is 5.56 Å². The molecule has 0 N–H and O–H groups in total. The van der Waals surface area contributed by atoms with E-state index < -0.39 is 0 Å². The Morgan fingerprint density at radius 2 is 1.84 bits per heavy atom. The molecule has 3 rings (SSSR count). The molecule has 1 aromatic heterocycles. The Hall–Kier alpha value is -2.20. The summed E-state index contributed by atoms with van der Waals surface area (Å²) in [4.78, 5) is 16.5. The maximum Gasteiger partial charge on any atom is 0.265 e. The van der Waals surface area contributed by atoms with E-state index in [1.807, 2.05) is 0 Å². The summed E-state index contributed by atoms with van der Waals surface area (Å²) in [7, 11) is 0. The quantitative estimate of drug-likeness (QED) is 0.683. The molecule has 0 spiro atoms. The van der Waals surface area contributed by atoms with Gasteiger partial charge < -0.3 is 0 Å². The Balaban J connectivity index is 2.29. The second-order valence-electron chi connectivity index (χ2n) is 4.03. The van der Waals surface area contributed by atoms with Gasteiger partial charge in [0.2, 0.25) is 0 Å². The van der Waals surface area contributed by atoms with E-state index in [0.29, 0.717) is 21.6 Å². The van der Waals surface area contributed by atoms with Crippen LogP contribution in [0.4, 0.5) is 4.39 Å². The average Bonchev–Trinajstić information content (AvgIpc) is 2.42. The van der Waals surface area contributed by atoms with Crippen LogP contribution in [0.1, 0.15) is 0 Å². The Labute approximate surface area is 112 Å². The lowest BCUT2D eigenvalue weighted by molar-refractivity contribution is 0.627. The first-order valence-electron chi connectivity index (χ1n) is 5.58. The van der Waals surface area contributed by atoms with E-state index in [2.05, 4.69) is 4.98 Å². The van der Waals surface area contributed by atoms with Gasteiger partial charge in [-0.2, -0.15) is 0 Å². The van der Waals surface area contributed by atoms with Gasteiger partial charge >= 0.3 is 0 Å². The SMILES string of the molecule is O=c1c2cccc(Cl)c2ncn1-c1ccc(F)cc1. The van der Waals surface area contributed by atoms with Crippen molar-refractivity contribution in [2.45, 2.75) is 0 Å². The first-order valence-corrected chi connectivity index (χ1v) is 5.96. The van der Waals surface area contributed by atoms with Gasteiger partial charge in [0.25, 0.3) is 5.56 Å². The predicted molar refractivity (Wildman–Crippen MR) is 72.3 cm³/mol. The first-order chi connectivity index (χ1) is 9.16. The van der Waals surface area contributed by atoms with Crippen molar-refractivity contribution in [1.29, 1.82) is 0 Å². The average molecular weight is 275 g/mol. The minimum absolute atomic E-state index is 0.237. The summed E-state index contributed by atoms with van der Waals surface area (Å²) in [6.45, 7) is 0. The third-order valence-corrected chi connectivity index (χ3v) is 3.15. The van der Waals surface area contributed by atoms with Gasteiger partial charge in [0.15, 0.2) is 0 Å². The van der Waals surface area contributed by atoms with Crippen LogP contribution in [-0.2, 0) is 0 Å². The first kappa shape index (κ1) is 11.9. The van der Waals surface area contributed by atoms with Crippen LogP contribution in [0, 0.1) is 5.82 Å². The van der Waals surface area contributed by atoms with Crippen molar-refractivity contribution in [2.24, 2.45) is 0 Å². The Morgan fingerprint density at radius 3 is 2.58 bits per heavy atom. The molecule has 1 heterocycles. The van der Waals surface area contributed by atoms with Crippen molar-refractivity contribution in [3.63, 3.8) is 0 Å².